The Kier molecular flexibility index (Phi) is 5.00. The summed E-state index contributed by atoms with van der Waals surface area (Å²) in [6, 6.07) is 11.4. The number of nitrogens with zero attached hydrogens (tertiary/aromatic N) is 3. The molecule has 110 valence electrons. The average molecular weight is 285 g/mol. The third-order valence-electron chi connectivity index (χ3n) is 3.17. The van der Waals surface area contributed by atoms with Crippen molar-refractivity contribution in [2.24, 2.45) is 0 Å². The molecule has 0 bridgehead atoms. The van der Waals surface area contributed by atoms with Gasteiger partial charge in [-0.3, -0.25) is 4.79 Å². The lowest BCUT2D eigenvalue weighted by Gasteiger charge is -2.21. The summed E-state index contributed by atoms with van der Waals surface area (Å²) in [5.74, 6) is -0.225. The number of benzene rings is 1. The van der Waals surface area contributed by atoms with Gasteiger partial charge in [0.15, 0.2) is 5.69 Å². The second-order valence-electron chi connectivity index (χ2n) is 5.00. The zero-order chi connectivity index (χ0) is 15.2. The summed E-state index contributed by atoms with van der Waals surface area (Å²) in [6.07, 6.45) is 0. The standard InChI is InChI=1S/C16H19N3O2/c1-12-3-6-14(7-4-12)11-19(9-10-20)16(21)15-8-5-13(2)17-18-15/h3-8,20H,9-11H2,1-2H3. The van der Waals surface area contributed by atoms with Crippen LogP contribution in [0.1, 0.15) is 27.3 Å². The lowest BCUT2D eigenvalue weighted by Crippen LogP contribution is -2.33. The van der Waals surface area contributed by atoms with Crippen LogP contribution in [0.5, 0.6) is 0 Å². The molecule has 1 amide bonds. The van der Waals surface area contributed by atoms with Gasteiger partial charge < -0.3 is 10.0 Å². The summed E-state index contributed by atoms with van der Waals surface area (Å²) >= 11 is 0. The first-order valence-electron chi connectivity index (χ1n) is 6.86. The topological polar surface area (TPSA) is 66.3 Å². The van der Waals surface area contributed by atoms with Crippen molar-refractivity contribution in [2.75, 3.05) is 13.2 Å². The summed E-state index contributed by atoms with van der Waals surface area (Å²) in [6.45, 7) is 4.45. The van der Waals surface area contributed by atoms with E-state index >= 15 is 0 Å². The summed E-state index contributed by atoms with van der Waals surface area (Å²) < 4.78 is 0. The number of aromatic nitrogens is 2. The Balaban J connectivity index is 2.15. The predicted octanol–water partition coefficient (Wildman–Crippen LogP) is 1.73. The Bertz CT molecular complexity index is 594. The molecule has 0 fully saturated rings. The molecule has 0 saturated carbocycles. The minimum absolute atomic E-state index is 0.0864. The number of rotatable bonds is 5. The van der Waals surface area contributed by atoms with Gasteiger partial charge >= 0.3 is 0 Å². The molecule has 0 unspecified atom stereocenters. The summed E-state index contributed by atoms with van der Waals surface area (Å²) in [4.78, 5) is 14.0. The molecule has 0 radical (unpaired) electrons. The molecule has 0 atom stereocenters. The van der Waals surface area contributed by atoms with E-state index in [2.05, 4.69) is 10.2 Å². The van der Waals surface area contributed by atoms with Crippen molar-refractivity contribution in [3.63, 3.8) is 0 Å². The number of amides is 1. The molecule has 21 heavy (non-hydrogen) atoms. The molecule has 1 heterocycles. The average Bonchev–Trinajstić information content (AvgIpc) is 2.49. The monoisotopic (exact) mass is 285 g/mol. The van der Waals surface area contributed by atoms with Crippen molar-refractivity contribution < 1.29 is 9.90 Å². The largest absolute Gasteiger partial charge is 0.395 e. The van der Waals surface area contributed by atoms with Gasteiger partial charge in [-0.05, 0) is 31.5 Å². The molecule has 1 aromatic carbocycles. The number of aryl methyl sites for hydroxylation is 2. The molecule has 0 aliphatic rings. The fourth-order valence-electron chi connectivity index (χ4n) is 1.96. The lowest BCUT2D eigenvalue weighted by atomic mass is 10.1. The van der Waals surface area contributed by atoms with Gasteiger partial charge in [0, 0.05) is 13.1 Å². The number of aliphatic hydroxyl groups is 1. The molecule has 1 aromatic heterocycles. The minimum Gasteiger partial charge on any atom is -0.395 e. The maximum atomic E-state index is 12.4. The van der Waals surface area contributed by atoms with Crippen LogP contribution >= 0.6 is 0 Å². The van der Waals surface area contributed by atoms with Gasteiger partial charge in [0.1, 0.15) is 0 Å². The third-order valence-corrected chi connectivity index (χ3v) is 3.17. The second kappa shape index (κ2) is 6.95. The van der Waals surface area contributed by atoms with Crippen LogP contribution in [0.4, 0.5) is 0 Å². The number of hydrogen-bond acceptors (Lipinski definition) is 4. The molecule has 0 spiro atoms. The van der Waals surface area contributed by atoms with Crippen molar-refractivity contribution in [3.05, 3.63) is 58.9 Å². The van der Waals surface area contributed by atoms with Gasteiger partial charge in [0.05, 0.1) is 12.3 Å². The number of aliphatic hydroxyl groups excluding tert-OH is 1. The van der Waals surface area contributed by atoms with Crippen molar-refractivity contribution in [3.8, 4) is 0 Å². The van der Waals surface area contributed by atoms with Gasteiger partial charge in [-0.2, -0.15) is 5.10 Å². The maximum absolute atomic E-state index is 12.4. The van der Waals surface area contributed by atoms with E-state index in [4.69, 9.17) is 5.11 Å². The molecular formula is C16H19N3O2. The quantitative estimate of drug-likeness (QED) is 0.908. The highest BCUT2D eigenvalue weighted by Gasteiger charge is 2.17. The van der Waals surface area contributed by atoms with Crippen LogP contribution < -0.4 is 0 Å². The predicted molar refractivity (Wildman–Crippen MR) is 79.8 cm³/mol. The van der Waals surface area contributed by atoms with Crippen LogP contribution in [-0.2, 0) is 6.54 Å². The first-order valence-corrected chi connectivity index (χ1v) is 6.86. The highest BCUT2D eigenvalue weighted by molar-refractivity contribution is 5.92. The molecule has 5 nitrogen and oxygen atoms in total. The van der Waals surface area contributed by atoms with Crippen molar-refractivity contribution >= 4 is 5.91 Å². The Labute approximate surface area is 124 Å². The minimum atomic E-state index is -0.225. The van der Waals surface area contributed by atoms with Crippen molar-refractivity contribution in [1.82, 2.24) is 15.1 Å². The highest BCUT2D eigenvalue weighted by Crippen LogP contribution is 2.10. The third kappa shape index (κ3) is 4.10. The SMILES string of the molecule is Cc1ccc(CN(CCO)C(=O)c2ccc(C)nn2)cc1. The number of hydrogen-bond donors (Lipinski definition) is 1. The Hall–Kier alpha value is -2.27. The molecule has 0 aliphatic carbocycles. The van der Waals surface area contributed by atoms with Crippen LogP contribution in [0.3, 0.4) is 0 Å². The normalized spacial score (nSPS) is 10.4. The van der Waals surface area contributed by atoms with Crippen LogP contribution in [0.25, 0.3) is 0 Å². The van der Waals surface area contributed by atoms with Gasteiger partial charge in [0.25, 0.3) is 5.91 Å². The summed E-state index contributed by atoms with van der Waals surface area (Å²) in [5, 5.41) is 17.0. The van der Waals surface area contributed by atoms with E-state index in [-0.39, 0.29) is 19.1 Å². The molecule has 5 heteroatoms. The molecule has 0 saturated heterocycles. The highest BCUT2D eigenvalue weighted by atomic mass is 16.3. The summed E-state index contributed by atoms with van der Waals surface area (Å²) in [7, 11) is 0. The van der Waals surface area contributed by atoms with E-state index in [0.717, 1.165) is 11.3 Å². The first kappa shape index (κ1) is 15.1. The van der Waals surface area contributed by atoms with Crippen LogP contribution in [-0.4, -0.2) is 39.3 Å². The fraction of sp³-hybridized carbons (Fsp3) is 0.312. The second-order valence-corrected chi connectivity index (χ2v) is 5.00. The first-order chi connectivity index (χ1) is 10.1. The van der Waals surface area contributed by atoms with E-state index in [1.165, 1.54) is 5.56 Å². The Morgan fingerprint density at radius 2 is 1.81 bits per heavy atom. The van der Waals surface area contributed by atoms with E-state index in [1.54, 1.807) is 17.0 Å². The summed E-state index contributed by atoms with van der Waals surface area (Å²) in [5.41, 5.74) is 3.24. The van der Waals surface area contributed by atoms with Crippen LogP contribution in [0.2, 0.25) is 0 Å². The molecule has 2 rings (SSSR count). The smallest absolute Gasteiger partial charge is 0.274 e. The van der Waals surface area contributed by atoms with Crippen LogP contribution in [0, 0.1) is 13.8 Å². The van der Waals surface area contributed by atoms with Crippen LogP contribution in [0.15, 0.2) is 36.4 Å². The van der Waals surface area contributed by atoms with Gasteiger partial charge in [-0.25, -0.2) is 0 Å². The Morgan fingerprint density at radius 3 is 2.38 bits per heavy atom. The fourth-order valence-corrected chi connectivity index (χ4v) is 1.96. The van der Waals surface area contributed by atoms with Crippen molar-refractivity contribution in [2.45, 2.75) is 20.4 Å². The Morgan fingerprint density at radius 1 is 1.10 bits per heavy atom. The van der Waals surface area contributed by atoms with E-state index in [0.29, 0.717) is 12.2 Å². The van der Waals surface area contributed by atoms with Crippen molar-refractivity contribution in [1.29, 1.82) is 0 Å². The lowest BCUT2D eigenvalue weighted by molar-refractivity contribution is 0.0700. The van der Waals surface area contributed by atoms with Gasteiger partial charge in [-0.15, -0.1) is 5.10 Å². The van der Waals surface area contributed by atoms with E-state index in [1.807, 2.05) is 38.1 Å². The molecule has 1 N–H and O–H groups in total. The number of carbonyl (C=O) groups excluding carboxylic acids is 1. The zero-order valence-electron chi connectivity index (χ0n) is 12.3. The van der Waals surface area contributed by atoms with E-state index in [9.17, 15) is 4.79 Å². The molecule has 0 aliphatic heterocycles. The molecule has 2 aromatic rings. The number of carbonyl (C=O) groups is 1. The zero-order valence-corrected chi connectivity index (χ0v) is 12.3. The maximum Gasteiger partial charge on any atom is 0.274 e. The van der Waals surface area contributed by atoms with E-state index < -0.39 is 0 Å². The molecular weight excluding hydrogens is 266 g/mol. The van der Waals surface area contributed by atoms with Gasteiger partial charge in [0.2, 0.25) is 0 Å². The van der Waals surface area contributed by atoms with Gasteiger partial charge in [-0.1, -0.05) is 29.8 Å².